The molecule has 5 nitrogen and oxygen atoms in total. The maximum absolute atomic E-state index is 10.7. The molecule has 0 saturated carbocycles. The van der Waals surface area contributed by atoms with Gasteiger partial charge in [-0.2, -0.15) is 0 Å². The molecule has 0 radical (unpaired) electrons. The number of imide groups is 1. The largest absolute Gasteiger partial charge is 0.373 e. The van der Waals surface area contributed by atoms with Crippen LogP contribution in [-0.4, -0.2) is 28.2 Å². The van der Waals surface area contributed by atoms with Crippen LogP contribution < -0.4 is 5.73 Å². The van der Waals surface area contributed by atoms with E-state index in [-0.39, 0.29) is 0 Å². The van der Waals surface area contributed by atoms with Crippen molar-refractivity contribution >= 4 is 11.9 Å². The Morgan fingerprint density at radius 1 is 1.73 bits per heavy atom. The van der Waals surface area contributed by atoms with E-state index in [4.69, 9.17) is 10.8 Å². The van der Waals surface area contributed by atoms with E-state index >= 15 is 0 Å². The average Bonchev–Trinajstić information content (AvgIpc) is 1.85. The molecule has 5 heteroatoms. The summed E-state index contributed by atoms with van der Waals surface area (Å²) in [7, 11) is 0. The molecule has 0 aliphatic heterocycles. The first-order valence-electron chi connectivity index (χ1n) is 2.93. The van der Waals surface area contributed by atoms with E-state index in [1.165, 1.54) is 6.92 Å². The van der Waals surface area contributed by atoms with Gasteiger partial charge in [-0.3, -0.25) is 4.79 Å². The van der Waals surface area contributed by atoms with Crippen LogP contribution in [-0.2, 0) is 4.79 Å². The Balaban J connectivity index is 4.46. The number of aliphatic hydroxyl groups excluding tert-OH is 1. The molecule has 3 amide bonds. The van der Waals surface area contributed by atoms with Gasteiger partial charge < -0.3 is 10.8 Å². The zero-order chi connectivity index (χ0) is 9.02. The van der Waals surface area contributed by atoms with Crippen molar-refractivity contribution in [2.75, 3.05) is 0 Å². The number of hydrogen-bond donors (Lipinski definition) is 2. The number of urea groups is 1. The van der Waals surface area contributed by atoms with Crippen molar-refractivity contribution in [2.45, 2.75) is 13.2 Å². The van der Waals surface area contributed by atoms with Gasteiger partial charge in [-0.1, -0.05) is 6.58 Å². The van der Waals surface area contributed by atoms with Crippen molar-refractivity contribution in [2.24, 2.45) is 5.73 Å². The highest BCUT2D eigenvalue weighted by Gasteiger charge is 2.20. The van der Waals surface area contributed by atoms with Crippen molar-refractivity contribution in [3.8, 4) is 0 Å². The molecule has 1 unspecified atom stereocenters. The molecule has 0 bridgehead atoms. The molecule has 0 aromatic heterocycles. The smallest absolute Gasteiger partial charge is 0.323 e. The van der Waals surface area contributed by atoms with Gasteiger partial charge in [-0.15, -0.1) is 0 Å². The lowest BCUT2D eigenvalue weighted by atomic mass is 10.4. The molecule has 0 aliphatic rings. The number of carbonyl (C=O) groups is 2. The quantitative estimate of drug-likeness (QED) is 0.416. The van der Waals surface area contributed by atoms with Crippen LogP contribution in [0.3, 0.4) is 0 Å². The zero-order valence-corrected chi connectivity index (χ0v) is 6.15. The predicted molar refractivity (Wildman–Crippen MR) is 38.3 cm³/mol. The first-order chi connectivity index (χ1) is 5.00. The van der Waals surface area contributed by atoms with E-state index in [1.54, 1.807) is 0 Å². The number of nitrogens with two attached hydrogens (primary N) is 1. The summed E-state index contributed by atoms with van der Waals surface area (Å²) in [5.41, 5.74) is 4.77. The summed E-state index contributed by atoms with van der Waals surface area (Å²) in [5, 5.41) is 8.84. The molecule has 1 atom stereocenters. The standard InChI is InChI=1S/C6H10N2O3/c1-3-5(10)8(4(2)9)6(7)11/h3-4,9H,1H2,2H3,(H2,7,11). The highest BCUT2D eigenvalue weighted by atomic mass is 16.3. The molecule has 0 heterocycles. The van der Waals surface area contributed by atoms with E-state index in [2.05, 4.69) is 6.58 Å². The van der Waals surface area contributed by atoms with Gasteiger partial charge in [0.2, 0.25) is 0 Å². The molecule has 62 valence electrons. The Morgan fingerprint density at radius 3 is 2.27 bits per heavy atom. The minimum absolute atomic E-state index is 0.493. The van der Waals surface area contributed by atoms with Crippen LogP contribution in [0.2, 0.25) is 0 Å². The summed E-state index contributed by atoms with van der Waals surface area (Å²) in [6.07, 6.45) is -0.324. The van der Waals surface area contributed by atoms with E-state index in [0.717, 1.165) is 6.08 Å². The number of primary amides is 1. The fourth-order valence-electron chi connectivity index (χ4n) is 0.575. The molecule has 0 aromatic rings. The van der Waals surface area contributed by atoms with Crippen LogP contribution >= 0.6 is 0 Å². The summed E-state index contributed by atoms with van der Waals surface area (Å²) in [6, 6.07) is -0.995. The van der Waals surface area contributed by atoms with Crippen molar-refractivity contribution in [3.05, 3.63) is 12.7 Å². The van der Waals surface area contributed by atoms with Gasteiger partial charge in [0, 0.05) is 0 Å². The molecular weight excluding hydrogens is 148 g/mol. The van der Waals surface area contributed by atoms with E-state index in [0.29, 0.717) is 4.90 Å². The third kappa shape index (κ3) is 2.38. The number of hydrogen-bond acceptors (Lipinski definition) is 3. The molecule has 11 heavy (non-hydrogen) atoms. The molecule has 0 rings (SSSR count). The summed E-state index contributed by atoms with van der Waals surface area (Å²) in [5.74, 6) is -0.715. The molecule has 0 spiro atoms. The summed E-state index contributed by atoms with van der Waals surface area (Å²) < 4.78 is 0. The molecular formula is C6H10N2O3. The highest BCUT2D eigenvalue weighted by Crippen LogP contribution is 1.95. The first-order valence-corrected chi connectivity index (χ1v) is 2.93. The zero-order valence-electron chi connectivity index (χ0n) is 6.15. The van der Waals surface area contributed by atoms with Crippen LogP contribution in [0.4, 0.5) is 4.79 Å². The second-order valence-corrected chi connectivity index (χ2v) is 1.88. The van der Waals surface area contributed by atoms with E-state index < -0.39 is 18.2 Å². The summed E-state index contributed by atoms with van der Waals surface area (Å²) in [6.45, 7) is 4.39. The second-order valence-electron chi connectivity index (χ2n) is 1.88. The van der Waals surface area contributed by atoms with Gasteiger partial charge in [-0.05, 0) is 13.0 Å². The minimum Gasteiger partial charge on any atom is -0.373 e. The Labute approximate surface area is 64.1 Å². The lowest BCUT2D eigenvalue weighted by molar-refractivity contribution is -0.129. The van der Waals surface area contributed by atoms with Crippen LogP contribution in [0.5, 0.6) is 0 Å². The molecule has 0 saturated heterocycles. The number of nitrogens with zero attached hydrogens (tertiary/aromatic N) is 1. The topological polar surface area (TPSA) is 83.6 Å². The van der Waals surface area contributed by atoms with Crippen LogP contribution in [0.15, 0.2) is 12.7 Å². The van der Waals surface area contributed by atoms with Crippen molar-refractivity contribution in [1.82, 2.24) is 4.90 Å². The minimum atomic E-state index is -1.22. The van der Waals surface area contributed by atoms with Crippen LogP contribution in [0.1, 0.15) is 6.92 Å². The fraction of sp³-hybridized carbons (Fsp3) is 0.333. The first kappa shape index (κ1) is 9.64. The van der Waals surface area contributed by atoms with Crippen molar-refractivity contribution in [3.63, 3.8) is 0 Å². The molecule has 0 fully saturated rings. The van der Waals surface area contributed by atoms with Crippen LogP contribution in [0, 0.1) is 0 Å². The summed E-state index contributed by atoms with van der Waals surface area (Å²) in [4.78, 5) is 21.7. The number of rotatable bonds is 2. The average molecular weight is 158 g/mol. The molecule has 3 N–H and O–H groups in total. The van der Waals surface area contributed by atoms with E-state index in [1.807, 2.05) is 0 Å². The summed E-state index contributed by atoms with van der Waals surface area (Å²) >= 11 is 0. The maximum atomic E-state index is 10.7. The normalized spacial score (nSPS) is 11.8. The Bertz CT molecular complexity index is 188. The van der Waals surface area contributed by atoms with Gasteiger partial charge >= 0.3 is 6.03 Å². The number of aliphatic hydroxyl groups is 1. The number of carbonyl (C=O) groups excluding carboxylic acids is 2. The highest BCUT2D eigenvalue weighted by molar-refractivity contribution is 5.99. The Morgan fingerprint density at radius 2 is 2.18 bits per heavy atom. The molecule has 0 aromatic carbocycles. The second kappa shape index (κ2) is 3.72. The van der Waals surface area contributed by atoms with Gasteiger partial charge in [-0.25, -0.2) is 9.69 Å². The maximum Gasteiger partial charge on any atom is 0.323 e. The lowest BCUT2D eigenvalue weighted by Gasteiger charge is -2.18. The third-order valence-corrected chi connectivity index (χ3v) is 1.02. The van der Waals surface area contributed by atoms with Gasteiger partial charge in [0.05, 0.1) is 0 Å². The molecule has 0 aliphatic carbocycles. The number of amides is 3. The van der Waals surface area contributed by atoms with Gasteiger partial charge in [0.1, 0.15) is 6.23 Å². The van der Waals surface area contributed by atoms with E-state index in [9.17, 15) is 9.59 Å². The van der Waals surface area contributed by atoms with Crippen LogP contribution in [0.25, 0.3) is 0 Å². The van der Waals surface area contributed by atoms with Crippen molar-refractivity contribution < 1.29 is 14.7 Å². The Hall–Kier alpha value is -1.36. The SMILES string of the molecule is C=CC(=O)N(C(N)=O)C(C)O. The van der Waals surface area contributed by atoms with Gasteiger partial charge in [0.15, 0.2) is 0 Å². The lowest BCUT2D eigenvalue weighted by Crippen LogP contribution is -2.45. The van der Waals surface area contributed by atoms with Gasteiger partial charge in [0.25, 0.3) is 5.91 Å². The fourth-order valence-corrected chi connectivity index (χ4v) is 0.575. The van der Waals surface area contributed by atoms with Crippen molar-refractivity contribution in [1.29, 1.82) is 0 Å². The third-order valence-electron chi connectivity index (χ3n) is 1.02. The predicted octanol–water partition coefficient (Wildman–Crippen LogP) is -0.582. The Kier molecular flexibility index (Phi) is 3.26. The monoisotopic (exact) mass is 158 g/mol.